The number of benzene rings is 2. The molecule has 0 fully saturated rings. The SMILES string of the molecule is CC(c1cn(C)nn1)N(Cc1ccccc1Cl)c1ccc(C#N)c(Cl)c1. The third-order valence-electron chi connectivity index (χ3n) is 4.22. The van der Waals surface area contributed by atoms with Gasteiger partial charge < -0.3 is 4.90 Å². The van der Waals surface area contributed by atoms with Crippen LogP contribution in [0.1, 0.15) is 29.8 Å². The lowest BCUT2D eigenvalue weighted by Crippen LogP contribution is -2.27. The van der Waals surface area contributed by atoms with E-state index in [1.54, 1.807) is 16.8 Å². The van der Waals surface area contributed by atoms with Crippen LogP contribution in [0.15, 0.2) is 48.7 Å². The zero-order chi connectivity index (χ0) is 18.7. The van der Waals surface area contributed by atoms with Crippen molar-refractivity contribution in [1.29, 1.82) is 5.26 Å². The van der Waals surface area contributed by atoms with Crippen molar-refractivity contribution in [3.05, 3.63) is 75.5 Å². The number of aryl methyl sites for hydroxylation is 1. The Morgan fingerprint density at radius 1 is 1.19 bits per heavy atom. The monoisotopic (exact) mass is 385 g/mol. The van der Waals surface area contributed by atoms with Gasteiger partial charge in [-0.25, -0.2) is 0 Å². The maximum Gasteiger partial charge on any atom is 0.105 e. The van der Waals surface area contributed by atoms with Crippen LogP contribution in [0.3, 0.4) is 0 Å². The van der Waals surface area contributed by atoms with E-state index in [9.17, 15) is 0 Å². The third kappa shape index (κ3) is 3.82. The lowest BCUT2D eigenvalue weighted by molar-refractivity contribution is 0.647. The molecule has 3 aromatic rings. The molecule has 0 aliphatic carbocycles. The van der Waals surface area contributed by atoms with Crippen LogP contribution in [0, 0.1) is 11.3 Å². The summed E-state index contributed by atoms with van der Waals surface area (Å²) in [5.41, 5.74) is 3.15. The molecule has 0 saturated heterocycles. The van der Waals surface area contributed by atoms with Gasteiger partial charge in [-0.15, -0.1) is 5.10 Å². The van der Waals surface area contributed by atoms with Crippen molar-refractivity contribution in [2.75, 3.05) is 4.90 Å². The molecule has 0 aliphatic heterocycles. The van der Waals surface area contributed by atoms with Gasteiger partial charge in [-0.1, -0.05) is 46.6 Å². The predicted molar refractivity (Wildman–Crippen MR) is 103 cm³/mol. The van der Waals surface area contributed by atoms with Gasteiger partial charge in [0.05, 0.1) is 22.8 Å². The Balaban J connectivity index is 2.02. The first-order chi connectivity index (χ1) is 12.5. The first kappa shape index (κ1) is 18.2. The molecule has 0 saturated carbocycles. The minimum atomic E-state index is -0.0658. The fourth-order valence-electron chi connectivity index (χ4n) is 2.75. The Morgan fingerprint density at radius 3 is 2.58 bits per heavy atom. The number of anilines is 1. The van der Waals surface area contributed by atoms with Gasteiger partial charge in [0.25, 0.3) is 0 Å². The van der Waals surface area contributed by atoms with Crippen LogP contribution in [0.2, 0.25) is 10.0 Å². The van der Waals surface area contributed by atoms with Crippen molar-refractivity contribution in [2.24, 2.45) is 7.05 Å². The van der Waals surface area contributed by atoms with E-state index >= 15 is 0 Å². The van der Waals surface area contributed by atoms with Crippen LogP contribution in [-0.2, 0) is 13.6 Å². The number of rotatable bonds is 5. The highest BCUT2D eigenvalue weighted by molar-refractivity contribution is 6.32. The van der Waals surface area contributed by atoms with E-state index in [1.165, 1.54) is 0 Å². The molecule has 1 unspecified atom stereocenters. The average molecular weight is 386 g/mol. The summed E-state index contributed by atoms with van der Waals surface area (Å²) in [6.07, 6.45) is 1.88. The minimum Gasteiger partial charge on any atom is -0.359 e. The van der Waals surface area contributed by atoms with Crippen molar-refractivity contribution in [3.8, 4) is 6.07 Å². The quantitative estimate of drug-likeness (QED) is 0.634. The van der Waals surface area contributed by atoms with Crippen molar-refractivity contribution >= 4 is 28.9 Å². The molecule has 0 amide bonds. The molecule has 132 valence electrons. The average Bonchev–Trinajstić information content (AvgIpc) is 3.07. The van der Waals surface area contributed by atoms with Gasteiger partial charge in [0.1, 0.15) is 11.8 Å². The van der Waals surface area contributed by atoms with Gasteiger partial charge in [-0.3, -0.25) is 4.68 Å². The molecular weight excluding hydrogens is 369 g/mol. The van der Waals surface area contributed by atoms with Gasteiger partial charge in [-0.05, 0) is 36.8 Å². The van der Waals surface area contributed by atoms with Crippen LogP contribution in [-0.4, -0.2) is 15.0 Å². The number of halogens is 2. The van der Waals surface area contributed by atoms with E-state index < -0.39 is 0 Å². The molecule has 0 spiro atoms. The number of hydrogen-bond acceptors (Lipinski definition) is 4. The van der Waals surface area contributed by atoms with Crippen LogP contribution >= 0.6 is 23.2 Å². The molecule has 3 rings (SSSR count). The van der Waals surface area contributed by atoms with Crippen molar-refractivity contribution < 1.29 is 0 Å². The Morgan fingerprint density at radius 2 is 1.96 bits per heavy atom. The van der Waals surface area contributed by atoms with E-state index in [2.05, 4.69) is 21.3 Å². The summed E-state index contributed by atoms with van der Waals surface area (Å²) < 4.78 is 1.67. The fourth-order valence-corrected chi connectivity index (χ4v) is 3.16. The van der Waals surface area contributed by atoms with Crippen molar-refractivity contribution in [3.63, 3.8) is 0 Å². The topological polar surface area (TPSA) is 57.7 Å². The molecule has 1 aromatic heterocycles. The largest absolute Gasteiger partial charge is 0.359 e. The number of nitrogens with zero attached hydrogens (tertiary/aromatic N) is 5. The fraction of sp³-hybridized carbons (Fsp3) is 0.211. The highest BCUT2D eigenvalue weighted by atomic mass is 35.5. The summed E-state index contributed by atoms with van der Waals surface area (Å²) >= 11 is 12.6. The van der Waals surface area contributed by atoms with E-state index in [1.807, 2.05) is 50.5 Å². The molecule has 26 heavy (non-hydrogen) atoms. The lowest BCUT2D eigenvalue weighted by Gasteiger charge is -2.31. The van der Waals surface area contributed by atoms with Gasteiger partial charge in [0, 0.05) is 24.3 Å². The Hall–Kier alpha value is -2.55. The maximum absolute atomic E-state index is 9.12. The second-order valence-electron chi connectivity index (χ2n) is 5.99. The standard InChI is InChI=1S/C19H17Cl2N5/c1-13(19-12-25(2)24-23-19)26(11-15-5-3-4-6-17(15)20)16-8-7-14(10-22)18(21)9-16/h3-9,12-13H,11H2,1-2H3. The lowest BCUT2D eigenvalue weighted by atomic mass is 10.1. The van der Waals surface area contributed by atoms with E-state index in [0.717, 1.165) is 16.9 Å². The van der Waals surface area contributed by atoms with Crippen molar-refractivity contribution in [1.82, 2.24) is 15.0 Å². The van der Waals surface area contributed by atoms with Gasteiger partial charge in [0.2, 0.25) is 0 Å². The molecule has 7 heteroatoms. The number of nitriles is 1. The zero-order valence-corrected chi connectivity index (χ0v) is 15.9. The molecule has 1 heterocycles. The summed E-state index contributed by atoms with van der Waals surface area (Å²) in [6.45, 7) is 2.62. The van der Waals surface area contributed by atoms with Crippen LogP contribution in [0.5, 0.6) is 0 Å². The van der Waals surface area contributed by atoms with Crippen LogP contribution in [0.4, 0.5) is 5.69 Å². The van der Waals surface area contributed by atoms with E-state index in [4.69, 9.17) is 28.5 Å². The third-order valence-corrected chi connectivity index (χ3v) is 4.90. The highest BCUT2D eigenvalue weighted by Gasteiger charge is 2.21. The summed E-state index contributed by atoms with van der Waals surface area (Å²) in [5.74, 6) is 0. The molecular formula is C19H17Cl2N5. The highest BCUT2D eigenvalue weighted by Crippen LogP contribution is 2.32. The summed E-state index contributed by atoms with van der Waals surface area (Å²) in [5, 5.41) is 18.5. The first-order valence-electron chi connectivity index (χ1n) is 8.05. The molecule has 5 nitrogen and oxygen atoms in total. The molecule has 0 bridgehead atoms. The smallest absolute Gasteiger partial charge is 0.105 e. The second-order valence-corrected chi connectivity index (χ2v) is 6.80. The predicted octanol–water partition coefficient (Wildman–Crippen LogP) is 4.76. The maximum atomic E-state index is 9.12. The zero-order valence-electron chi connectivity index (χ0n) is 14.4. The Kier molecular flexibility index (Phi) is 5.46. The Labute approximate surface area is 162 Å². The van der Waals surface area contributed by atoms with E-state index in [-0.39, 0.29) is 6.04 Å². The molecule has 0 radical (unpaired) electrons. The first-order valence-corrected chi connectivity index (χ1v) is 8.81. The van der Waals surface area contributed by atoms with Crippen LogP contribution < -0.4 is 4.90 Å². The summed E-state index contributed by atoms with van der Waals surface area (Å²) in [4.78, 5) is 2.14. The van der Waals surface area contributed by atoms with Gasteiger partial charge in [-0.2, -0.15) is 5.26 Å². The van der Waals surface area contributed by atoms with Crippen LogP contribution in [0.25, 0.3) is 0 Å². The molecule has 0 N–H and O–H groups in total. The van der Waals surface area contributed by atoms with E-state index in [0.29, 0.717) is 22.2 Å². The van der Waals surface area contributed by atoms with Gasteiger partial charge in [0.15, 0.2) is 0 Å². The molecule has 2 aromatic carbocycles. The number of hydrogen-bond donors (Lipinski definition) is 0. The minimum absolute atomic E-state index is 0.0658. The normalized spacial score (nSPS) is 11.8. The summed E-state index contributed by atoms with van der Waals surface area (Å²) in [6, 6.07) is 15.1. The van der Waals surface area contributed by atoms with Crippen molar-refractivity contribution in [2.45, 2.75) is 19.5 Å². The molecule has 0 aliphatic rings. The Bertz CT molecular complexity index is 961. The number of aromatic nitrogens is 3. The molecule has 1 atom stereocenters. The second kappa shape index (κ2) is 7.77. The van der Waals surface area contributed by atoms with Gasteiger partial charge >= 0.3 is 0 Å². The summed E-state index contributed by atoms with van der Waals surface area (Å²) in [7, 11) is 1.83.